The predicted octanol–water partition coefficient (Wildman–Crippen LogP) is 1.60. The van der Waals surface area contributed by atoms with E-state index in [9.17, 15) is 4.79 Å². The monoisotopic (exact) mass is 411 g/mol. The summed E-state index contributed by atoms with van der Waals surface area (Å²) in [5, 5.41) is 0. The fraction of sp³-hybridized carbons (Fsp3) is 0.571. The molecular weight excluding hydrogens is 382 g/mol. The van der Waals surface area contributed by atoms with Crippen LogP contribution in [-0.2, 0) is 4.79 Å². The van der Waals surface area contributed by atoms with E-state index >= 15 is 0 Å². The molecule has 0 radical (unpaired) electrons. The van der Waals surface area contributed by atoms with Crippen molar-refractivity contribution in [3.8, 4) is 6.01 Å². The molecule has 9 nitrogen and oxygen atoms in total. The summed E-state index contributed by atoms with van der Waals surface area (Å²) in [6.45, 7) is 8.59. The van der Waals surface area contributed by atoms with Gasteiger partial charge in [-0.25, -0.2) is 15.0 Å². The Hall–Kier alpha value is -2.97. The second-order valence-electron chi connectivity index (χ2n) is 7.85. The molecule has 9 heteroatoms. The lowest BCUT2D eigenvalue weighted by molar-refractivity contribution is -0.133. The van der Waals surface area contributed by atoms with Crippen LogP contribution in [0.5, 0.6) is 6.01 Å². The quantitative estimate of drug-likeness (QED) is 0.733. The highest BCUT2D eigenvalue weighted by molar-refractivity contribution is 5.78. The van der Waals surface area contributed by atoms with Gasteiger partial charge in [0.25, 0.3) is 5.91 Å². The number of amides is 1. The number of hydrogen-bond acceptors (Lipinski definition) is 8. The maximum absolute atomic E-state index is 12.5. The number of carbonyl (C=O) groups excluding carboxylic acids is 1. The minimum Gasteiger partial charge on any atom is -0.453 e. The van der Waals surface area contributed by atoms with Gasteiger partial charge in [0.05, 0.1) is 0 Å². The maximum atomic E-state index is 12.5. The molecule has 160 valence electrons. The van der Waals surface area contributed by atoms with Crippen LogP contribution in [0.4, 0.5) is 11.8 Å². The summed E-state index contributed by atoms with van der Waals surface area (Å²) in [4.78, 5) is 36.5. The van der Waals surface area contributed by atoms with Gasteiger partial charge in [-0.15, -0.1) is 0 Å². The number of rotatable bonds is 5. The first-order valence-electron chi connectivity index (χ1n) is 10.6. The summed E-state index contributed by atoms with van der Waals surface area (Å²) in [7, 11) is 0. The Kier molecular flexibility index (Phi) is 6.25. The summed E-state index contributed by atoms with van der Waals surface area (Å²) in [6, 6.07) is 4.09. The van der Waals surface area contributed by atoms with E-state index in [0.29, 0.717) is 26.2 Å². The second-order valence-corrected chi connectivity index (χ2v) is 7.85. The first-order chi connectivity index (χ1) is 14.6. The molecule has 0 spiro atoms. The average Bonchev–Trinajstić information content (AvgIpc) is 2.78. The predicted molar refractivity (Wildman–Crippen MR) is 114 cm³/mol. The minimum absolute atomic E-state index is 0.0521. The van der Waals surface area contributed by atoms with Crippen LogP contribution in [0.1, 0.15) is 30.7 Å². The lowest BCUT2D eigenvalue weighted by Gasteiger charge is -2.35. The van der Waals surface area contributed by atoms with Crippen molar-refractivity contribution >= 4 is 17.7 Å². The largest absolute Gasteiger partial charge is 0.453 e. The number of anilines is 2. The highest BCUT2D eigenvalue weighted by Gasteiger charge is 2.24. The zero-order valence-corrected chi connectivity index (χ0v) is 17.8. The first kappa shape index (κ1) is 20.3. The Balaban J connectivity index is 1.32. The van der Waals surface area contributed by atoms with Gasteiger partial charge >= 0.3 is 6.01 Å². The SMILES string of the molecule is Cc1ccnc(OCC(=O)N2CCN(c3nc(C)cc(N4CCCCC4)n3)CC2)n1. The maximum Gasteiger partial charge on any atom is 0.317 e. The van der Waals surface area contributed by atoms with E-state index < -0.39 is 0 Å². The molecule has 0 aliphatic carbocycles. The number of aromatic nitrogens is 4. The molecule has 2 saturated heterocycles. The molecule has 1 amide bonds. The van der Waals surface area contributed by atoms with Crippen LogP contribution in [0.2, 0.25) is 0 Å². The van der Waals surface area contributed by atoms with E-state index in [1.165, 1.54) is 19.3 Å². The van der Waals surface area contributed by atoms with Crippen molar-refractivity contribution in [2.45, 2.75) is 33.1 Å². The van der Waals surface area contributed by atoms with Gasteiger partial charge in [0, 0.05) is 62.9 Å². The van der Waals surface area contributed by atoms with Crippen LogP contribution in [0.25, 0.3) is 0 Å². The molecule has 2 fully saturated rings. The number of hydrogen-bond donors (Lipinski definition) is 0. The minimum atomic E-state index is -0.0566. The summed E-state index contributed by atoms with van der Waals surface area (Å²) in [6.07, 6.45) is 5.35. The van der Waals surface area contributed by atoms with Gasteiger partial charge in [-0.05, 0) is 39.2 Å². The van der Waals surface area contributed by atoms with E-state index in [2.05, 4.69) is 30.8 Å². The van der Waals surface area contributed by atoms with Crippen molar-refractivity contribution in [2.24, 2.45) is 0 Å². The molecule has 2 aromatic rings. The third-order valence-electron chi connectivity index (χ3n) is 5.52. The number of piperazine rings is 1. The number of carbonyl (C=O) groups is 1. The molecule has 0 aromatic carbocycles. The number of piperidine rings is 1. The highest BCUT2D eigenvalue weighted by atomic mass is 16.5. The Morgan fingerprint density at radius 2 is 1.70 bits per heavy atom. The van der Waals surface area contributed by atoms with Crippen molar-refractivity contribution in [1.82, 2.24) is 24.8 Å². The molecule has 0 unspecified atom stereocenters. The number of aryl methyl sites for hydroxylation is 2. The summed E-state index contributed by atoms with van der Waals surface area (Å²) in [5.74, 6) is 1.72. The molecule has 0 saturated carbocycles. The van der Waals surface area contributed by atoms with E-state index in [0.717, 1.165) is 36.2 Å². The topological polar surface area (TPSA) is 87.6 Å². The molecule has 0 atom stereocenters. The Labute approximate surface area is 177 Å². The number of ether oxygens (including phenoxy) is 1. The van der Waals surface area contributed by atoms with Crippen LogP contribution in [-0.4, -0.2) is 76.6 Å². The van der Waals surface area contributed by atoms with Crippen molar-refractivity contribution in [3.05, 3.63) is 29.7 Å². The van der Waals surface area contributed by atoms with E-state index in [4.69, 9.17) is 9.72 Å². The molecule has 4 heterocycles. The summed E-state index contributed by atoms with van der Waals surface area (Å²) >= 11 is 0. The van der Waals surface area contributed by atoms with Gasteiger partial charge in [-0.3, -0.25) is 4.79 Å². The van der Waals surface area contributed by atoms with Crippen LogP contribution < -0.4 is 14.5 Å². The molecule has 4 rings (SSSR count). The summed E-state index contributed by atoms with van der Waals surface area (Å²) < 4.78 is 5.45. The van der Waals surface area contributed by atoms with Gasteiger partial charge in [0.2, 0.25) is 5.95 Å². The third kappa shape index (κ3) is 4.95. The average molecular weight is 412 g/mol. The lowest BCUT2D eigenvalue weighted by Crippen LogP contribution is -2.50. The van der Waals surface area contributed by atoms with Crippen LogP contribution in [0.3, 0.4) is 0 Å². The smallest absolute Gasteiger partial charge is 0.317 e. The fourth-order valence-corrected chi connectivity index (χ4v) is 3.83. The Morgan fingerprint density at radius 1 is 0.933 bits per heavy atom. The molecule has 0 bridgehead atoms. The standard InChI is InChI=1S/C21H29N7O2/c1-16-6-7-22-21(24-16)30-15-19(29)27-10-12-28(13-11-27)20-23-17(2)14-18(25-20)26-8-4-3-5-9-26/h6-7,14H,3-5,8-13,15H2,1-2H3. The van der Waals surface area contributed by atoms with Gasteiger partial charge in [0.1, 0.15) is 5.82 Å². The second kappa shape index (κ2) is 9.23. The van der Waals surface area contributed by atoms with Crippen LogP contribution in [0.15, 0.2) is 18.3 Å². The molecule has 2 aliphatic heterocycles. The van der Waals surface area contributed by atoms with Crippen molar-refractivity contribution < 1.29 is 9.53 Å². The van der Waals surface area contributed by atoms with Crippen LogP contribution in [0, 0.1) is 13.8 Å². The van der Waals surface area contributed by atoms with E-state index in [-0.39, 0.29) is 18.5 Å². The fourth-order valence-electron chi connectivity index (χ4n) is 3.83. The lowest BCUT2D eigenvalue weighted by atomic mass is 10.1. The molecule has 2 aliphatic rings. The molecule has 0 N–H and O–H groups in total. The Bertz CT molecular complexity index is 877. The Morgan fingerprint density at radius 3 is 2.43 bits per heavy atom. The van der Waals surface area contributed by atoms with E-state index in [1.807, 2.05) is 18.7 Å². The first-order valence-corrected chi connectivity index (χ1v) is 10.6. The van der Waals surface area contributed by atoms with Gasteiger partial charge in [-0.2, -0.15) is 4.98 Å². The molecular formula is C21H29N7O2. The van der Waals surface area contributed by atoms with Crippen molar-refractivity contribution in [3.63, 3.8) is 0 Å². The van der Waals surface area contributed by atoms with Crippen molar-refractivity contribution in [2.75, 3.05) is 55.7 Å². The van der Waals surface area contributed by atoms with Gasteiger partial charge < -0.3 is 19.4 Å². The van der Waals surface area contributed by atoms with Gasteiger partial charge in [0.15, 0.2) is 6.61 Å². The zero-order valence-electron chi connectivity index (χ0n) is 17.8. The molecule has 2 aromatic heterocycles. The van der Waals surface area contributed by atoms with E-state index in [1.54, 1.807) is 12.3 Å². The highest BCUT2D eigenvalue weighted by Crippen LogP contribution is 2.22. The zero-order chi connectivity index (χ0) is 20.9. The van der Waals surface area contributed by atoms with Gasteiger partial charge in [-0.1, -0.05) is 0 Å². The summed E-state index contributed by atoms with van der Waals surface area (Å²) in [5.41, 5.74) is 1.79. The molecule has 30 heavy (non-hydrogen) atoms. The third-order valence-corrected chi connectivity index (χ3v) is 5.52. The normalized spacial score (nSPS) is 17.2. The number of nitrogens with zero attached hydrogens (tertiary/aromatic N) is 7. The van der Waals surface area contributed by atoms with Crippen LogP contribution >= 0.6 is 0 Å². The van der Waals surface area contributed by atoms with Crippen molar-refractivity contribution in [1.29, 1.82) is 0 Å².